The van der Waals surface area contributed by atoms with Crippen LogP contribution < -0.4 is 0 Å². The predicted molar refractivity (Wildman–Crippen MR) is 39.8 cm³/mol. The molecule has 0 aromatic heterocycles. The van der Waals surface area contributed by atoms with Gasteiger partial charge in [0.2, 0.25) is 0 Å². The molecule has 0 bridgehead atoms. The van der Waals surface area contributed by atoms with Crippen LogP contribution in [0.15, 0.2) is 12.3 Å². The predicted octanol–water partition coefficient (Wildman–Crippen LogP) is 3.46. The zero-order chi connectivity index (χ0) is 9.83. The smallest absolute Gasteiger partial charge is 0.363 e. The second-order valence-electron chi connectivity index (χ2n) is 2.13. The quantitative estimate of drug-likeness (QED) is 0.460. The van der Waals surface area contributed by atoms with Crippen LogP contribution in [0.2, 0.25) is 0 Å². The maximum Gasteiger partial charge on any atom is 0.363 e. The molecule has 6 heteroatoms. The van der Waals surface area contributed by atoms with Crippen molar-refractivity contribution in [3.8, 4) is 0 Å². The average molecular weight is 251 g/mol. The molecule has 12 heavy (non-hydrogen) atoms. The first-order valence-corrected chi connectivity index (χ1v) is 3.84. The molecule has 0 atom stereocenters. The van der Waals surface area contributed by atoms with E-state index in [4.69, 9.17) is 5.11 Å². The van der Waals surface area contributed by atoms with Gasteiger partial charge >= 0.3 is 10.8 Å². The molecule has 0 heterocycles. The van der Waals surface area contributed by atoms with E-state index in [1.165, 1.54) is 0 Å². The average Bonchev–Trinajstić information content (AvgIpc) is 1.85. The van der Waals surface area contributed by atoms with Crippen LogP contribution in [0.3, 0.4) is 0 Å². The lowest BCUT2D eigenvalue weighted by atomic mass is 10.2. The molecule has 0 saturated heterocycles. The molecule has 1 nitrogen and oxygen atoms in total. The summed E-state index contributed by atoms with van der Waals surface area (Å²) in [5.41, 5.74) is 0. The Kier molecular flexibility index (Phi) is 4.02. The zero-order valence-corrected chi connectivity index (χ0v) is 7.49. The zero-order valence-electron chi connectivity index (χ0n) is 5.91. The van der Waals surface area contributed by atoms with E-state index >= 15 is 0 Å². The summed E-state index contributed by atoms with van der Waals surface area (Å²) in [5.74, 6) is -4.09. The molecule has 0 aliphatic heterocycles. The van der Waals surface area contributed by atoms with Crippen LogP contribution in [0.5, 0.6) is 0 Å². The summed E-state index contributed by atoms with van der Waals surface area (Å²) >= 11 is 1.58. The van der Waals surface area contributed by atoms with Gasteiger partial charge in [-0.25, -0.2) is 0 Å². The van der Waals surface area contributed by atoms with E-state index in [-0.39, 0.29) is 6.42 Å². The number of allylic oxidation sites excluding steroid dienone is 1. The fourth-order valence-corrected chi connectivity index (χ4v) is 0.679. The summed E-state index contributed by atoms with van der Waals surface area (Å²) in [4.78, 5) is -4.19. The van der Waals surface area contributed by atoms with E-state index in [0.717, 1.165) is 6.08 Å². The van der Waals surface area contributed by atoms with Crippen LogP contribution in [-0.2, 0) is 0 Å². The number of hydrogen-bond donors (Lipinski definition) is 1. The van der Waals surface area contributed by atoms with E-state index in [2.05, 4.69) is 0 Å². The first-order valence-electron chi connectivity index (χ1n) is 3.05. The fraction of sp³-hybridized carbons (Fsp3) is 0.667. The molecule has 72 valence electrons. The molecule has 0 spiro atoms. The third-order valence-corrected chi connectivity index (χ3v) is 1.73. The van der Waals surface area contributed by atoms with Gasteiger partial charge in [-0.1, -0.05) is 0 Å². The first-order chi connectivity index (χ1) is 5.31. The Bertz CT molecular complexity index is 163. The van der Waals surface area contributed by atoms with Gasteiger partial charge in [-0.3, -0.25) is 0 Å². The lowest BCUT2D eigenvalue weighted by Crippen LogP contribution is -2.34. The van der Waals surface area contributed by atoms with Crippen LogP contribution in [0.25, 0.3) is 0 Å². The third-order valence-electron chi connectivity index (χ3n) is 1.15. The number of aliphatic hydroxyl groups is 1. The lowest BCUT2D eigenvalue weighted by Gasteiger charge is -2.20. The topological polar surface area (TPSA) is 20.2 Å². The molecule has 0 aromatic rings. The summed E-state index contributed by atoms with van der Waals surface area (Å²) in [6, 6.07) is 0. The standard InChI is InChI=1S/C6H7BrF4O/c7-6(10,11)5(8,9)3-1-2-4-12/h2,4,12H,1,3H2. The first kappa shape index (κ1) is 11.7. The van der Waals surface area contributed by atoms with Crippen LogP contribution in [0.1, 0.15) is 12.8 Å². The largest absolute Gasteiger partial charge is 0.516 e. The van der Waals surface area contributed by atoms with E-state index in [1.54, 1.807) is 15.9 Å². The molecule has 0 radical (unpaired) electrons. The van der Waals surface area contributed by atoms with Crippen molar-refractivity contribution < 1.29 is 22.7 Å². The van der Waals surface area contributed by atoms with Crippen molar-refractivity contribution >= 4 is 15.9 Å². The molecular weight excluding hydrogens is 244 g/mol. The summed E-state index contributed by atoms with van der Waals surface area (Å²) in [5, 5.41) is 8.04. The molecule has 0 fully saturated rings. The van der Waals surface area contributed by atoms with Crippen LogP contribution in [0, 0.1) is 0 Å². The minimum atomic E-state index is -4.19. The molecule has 0 aliphatic carbocycles. The molecule has 0 aliphatic rings. The van der Waals surface area contributed by atoms with Crippen molar-refractivity contribution in [1.29, 1.82) is 0 Å². The minimum Gasteiger partial charge on any atom is -0.516 e. The maximum absolute atomic E-state index is 12.3. The van der Waals surface area contributed by atoms with Crippen LogP contribution >= 0.6 is 15.9 Å². The molecular formula is C6H7BrF4O. The van der Waals surface area contributed by atoms with Gasteiger partial charge in [0.05, 0.1) is 6.26 Å². The van der Waals surface area contributed by atoms with Crippen molar-refractivity contribution in [2.24, 2.45) is 0 Å². The van der Waals surface area contributed by atoms with Gasteiger partial charge < -0.3 is 5.11 Å². The molecule has 0 aromatic carbocycles. The van der Waals surface area contributed by atoms with Crippen molar-refractivity contribution in [3.63, 3.8) is 0 Å². The van der Waals surface area contributed by atoms with Crippen molar-refractivity contribution in [2.75, 3.05) is 0 Å². The van der Waals surface area contributed by atoms with Gasteiger partial charge in [-0.05, 0) is 28.4 Å². The van der Waals surface area contributed by atoms with Gasteiger partial charge in [-0.2, -0.15) is 17.6 Å². The van der Waals surface area contributed by atoms with Gasteiger partial charge in [0.1, 0.15) is 0 Å². The van der Waals surface area contributed by atoms with Crippen molar-refractivity contribution in [3.05, 3.63) is 12.3 Å². The molecule has 0 saturated carbocycles. The minimum absolute atomic E-state index is 0.301. The number of halogens is 5. The second-order valence-corrected chi connectivity index (χ2v) is 3.12. The number of aliphatic hydroxyl groups excluding tert-OH is 1. The number of alkyl halides is 5. The van der Waals surface area contributed by atoms with Gasteiger partial charge in [0.15, 0.2) is 0 Å². The normalized spacial score (nSPS) is 14.1. The Morgan fingerprint density at radius 3 is 2.08 bits per heavy atom. The van der Waals surface area contributed by atoms with E-state index in [9.17, 15) is 17.6 Å². The monoisotopic (exact) mass is 250 g/mol. The molecule has 1 N–H and O–H groups in total. The highest BCUT2D eigenvalue weighted by molar-refractivity contribution is 9.10. The fourth-order valence-electron chi connectivity index (χ4n) is 0.481. The maximum atomic E-state index is 12.3. The van der Waals surface area contributed by atoms with E-state index in [0.29, 0.717) is 6.26 Å². The molecule has 0 rings (SSSR count). The number of hydrogen-bond acceptors (Lipinski definition) is 1. The van der Waals surface area contributed by atoms with E-state index < -0.39 is 17.2 Å². The van der Waals surface area contributed by atoms with Crippen molar-refractivity contribution in [1.82, 2.24) is 0 Å². The van der Waals surface area contributed by atoms with E-state index in [1.807, 2.05) is 0 Å². The van der Waals surface area contributed by atoms with Gasteiger partial charge in [0, 0.05) is 6.42 Å². The van der Waals surface area contributed by atoms with Gasteiger partial charge in [0.25, 0.3) is 0 Å². The summed E-state index contributed by atoms with van der Waals surface area (Å²) in [7, 11) is 0. The molecule has 0 amide bonds. The summed E-state index contributed by atoms with van der Waals surface area (Å²) < 4.78 is 48.7. The Labute approximate surface area is 75.2 Å². The Hall–Kier alpha value is -0.260. The third kappa shape index (κ3) is 3.42. The summed E-state index contributed by atoms with van der Waals surface area (Å²) in [6.45, 7) is 0. The van der Waals surface area contributed by atoms with Crippen molar-refractivity contribution in [2.45, 2.75) is 23.6 Å². The SMILES string of the molecule is OC=CCCC(F)(F)C(F)(F)Br. The highest BCUT2D eigenvalue weighted by Crippen LogP contribution is 2.42. The highest BCUT2D eigenvalue weighted by Gasteiger charge is 2.53. The van der Waals surface area contributed by atoms with Crippen LogP contribution in [-0.4, -0.2) is 15.9 Å². The molecule has 0 unspecified atom stereocenters. The van der Waals surface area contributed by atoms with Gasteiger partial charge in [-0.15, -0.1) is 0 Å². The lowest BCUT2D eigenvalue weighted by molar-refractivity contribution is -0.150. The summed E-state index contributed by atoms with van der Waals surface area (Å²) in [6.07, 6.45) is 0.210. The Balaban J connectivity index is 4.05. The Morgan fingerprint density at radius 2 is 1.75 bits per heavy atom. The number of rotatable bonds is 4. The highest BCUT2D eigenvalue weighted by atomic mass is 79.9. The van der Waals surface area contributed by atoms with Crippen LogP contribution in [0.4, 0.5) is 17.6 Å². The second kappa shape index (κ2) is 4.11. The Morgan fingerprint density at radius 1 is 1.25 bits per heavy atom.